The van der Waals surface area contributed by atoms with Gasteiger partial charge in [-0.2, -0.15) is 9.64 Å². The van der Waals surface area contributed by atoms with Crippen LogP contribution in [0.2, 0.25) is 0 Å². The number of benzene rings is 2. The summed E-state index contributed by atoms with van der Waals surface area (Å²) in [6.07, 6.45) is 3.36. The third kappa shape index (κ3) is 5.77. The van der Waals surface area contributed by atoms with Gasteiger partial charge in [0.1, 0.15) is 5.01 Å². The maximum Gasteiger partial charge on any atom is 0.307 e. The zero-order valence-electron chi connectivity index (χ0n) is 20.6. The lowest BCUT2D eigenvalue weighted by Crippen LogP contribution is -2.25. The van der Waals surface area contributed by atoms with E-state index in [1.165, 1.54) is 22.7 Å². The van der Waals surface area contributed by atoms with Crippen LogP contribution in [0.15, 0.2) is 36.4 Å². The van der Waals surface area contributed by atoms with Crippen LogP contribution in [0.25, 0.3) is 22.0 Å². The van der Waals surface area contributed by atoms with Crippen molar-refractivity contribution in [3.05, 3.63) is 58.7 Å². The van der Waals surface area contributed by atoms with E-state index in [1.807, 2.05) is 18.2 Å². The number of hydrogen-bond acceptors (Lipinski definition) is 6. The maximum absolute atomic E-state index is 11.3. The molecule has 35 heavy (non-hydrogen) atoms. The number of hydrogen-bond donors (Lipinski definition) is 1. The molecule has 1 N–H and O–H groups in total. The van der Waals surface area contributed by atoms with E-state index in [9.17, 15) is 15.2 Å². The van der Waals surface area contributed by atoms with Crippen LogP contribution in [-0.4, -0.2) is 45.0 Å². The lowest BCUT2D eigenvalue weighted by atomic mass is 9.96. The Balaban J connectivity index is 1.54. The fourth-order valence-corrected chi connectivity index (χ4v) is 5.57. The summed E-state index contributed by atoms with van der Waals surface area (Å²) >= 11 is 1.36. The minimum absolute atomic E-state index is 0.245. The summed E-state index contributed by atoms with van der Waals surface area (Å²) in [7, 11) is 0. The summed E-state index contributed by atoms with van der Waals surface area (Å²) in [5.74, 6) is 0.279. The summed E-state index contributed by atoms with van der Waals surface area (Å²) in [4.78, 5) is 18.4. The predicted molar refractivity (Wildman–Crippen MR) is 139 cm³/mol. The molecule has 1 fully saturated rings. The molecule has 0 radical (unpaired) electrons. The van der Waals surface area contributed by atoms with Gasteiger partial charge < -0.3 is 10.0 Å². The standard InChI is InChI=1S/C28H32N4O2S/c1-4-24-19(10-12-32-13-11-22(17-32)28(33)34)6-5-7-25(24)26-30-27(35-31-26)21-9-8-20(14-18(2)3)23(15-21)16-29/h5-9,15,18,22H,4,10-14,17H2,1-3H3,(H,33,34). The minimum Gasteiger partial charge on any atom is -0.481 e. The summed E-state index contributed by atoms with van der Waals surface area (Å²) in [5.41, 5.74) is 6.27. The highest BCUT2D eigenvalue weighted by Gasteiger charge is 2.27. The molecule has 1 aliphatic heterocycles. The Morgan fingerprint density at radius 1 is 1.29 bits per heavy atom. The summed E-state index contributed by atoms with van der Waals surface area (Å²) < 4.78 is 4.68. The molecular formula is C28H32N4O2S. The van der Waals surface area contributed by atoms with E-state index in [0.717, 1.165) is 66.3 Å². The van der Waals surface area contributed by atoms with E-state index in [1.54, 1.807) is 0 Å². The molecule has 1 aromatic heterocycles. The number of nitriles is 1. The van der Waals surface area contributed by atoms with Crippen LogP contribution in [0.4, 0.5) is 0 Å². The highest BCUT2D eigenvalue weighted by atomic mass is 32.1. The molecule has 0 aliphatic carbocycles. The first-order valence-corrected chi connectivity index (χ1v) is 13.1. The average Bonchev–Trinajstić information content (AvgIpc) is 3.52. The van der Waals surface area contributed by atoms with Gasteiger partial charge in [-0.3, -0.25) is 4.79 Å². The first kappa shape index (κ1) is 25.0. The van der Waals surface area contributed by atoms with E-state index >= 15 is 0 Å². The van der Waals surface area contributed by atoms with Gasteiger partial charge in [0, 0.05) is 24.2 Å². The summed E-state index contributed by atoms with van der Waals surface area (Å²) in [6, 6.07) is 14.7. The molecule has 0 saturated carbocycles. The zero-order valence-corrected chi connectivity index (χ0v) is 21.4. The lowest BCUT2D eigenvalue weighted by Gasteiger charge is -2.17. The Labute approximate surface area is 211 Å². The van der Waals surface area contributed by atoms with E-state index in [2.05, 4.69) is 54.3 Å². The second-order valence-corrected chi connectivity index (χ2v) is 10.4. The number of carboxylic acid groups (broad SMARTS) is 1. The van der Waals surface area contributed by atoms with E-state index in [4.69, 9.17) is 4.98 Å². The fourth-order valence-electron chi connectivity index (χ4n) is 4.89. The number of aromatic nitrogens is 2. The van der Waals surface area contributed by atoms with Crippen LogP contribution < -0.4 is 0 Å². The van der Waals surface area contributed by atoms with Gasteiger partial charge in [-0.15, -0.1) is 0 Å². The molecule has 1 unspecified atom stereocenters. The minimum atomic E-state index is -0.689. The second-order valence-electron chi connectivity index (χ2n) is 9.68. The maximum atomic E-state index is 11.3. The van der Waals surface area contributed by atoms with Crippen molar-refractivity contribution in [2.45, 2.75) is 46.5 Å². The number of carboxylic acids is 1. The molecule has 4 rings (SSSR count). The van der Waals surface area contributed by atoms with Crippen LogP contribution in [-0.2, 0) is 24.1 Å². The van der Waals surface area contributed by atoms with Crippen molar-refractivity contribution < 1.29 is 9.90 Å². The SMILES string of the molecule is CCc1c(CCN2CCC(C(=O)O)C2)cccc1-c1nsc(-c2ccc(CC(C)C)c(C#N)c2)n1. The normalized spacial score (nSPS) is 16.0. The third-order valence-corrected chi connectivity index (χ3v) is 7.48. The van der Waals surface area contributed by atoms with E-state index < -0.39 is 5.97 Å². The monoisotopic (exact) mass is 488 g/mol. The molecule has 0 spiro atoms. The Kier molecular flexibility index (Phi) is 7.94. The van der Waals surface area contributed by atoms with Crippen molar-refractivity contribution in [3.63, 3.8) is 0 Å². The van der Waals surface area contributed by atoms with Crippen LogP contribution in [0.1, 0.15) is 49.4 Å². The van der Waals surface area contributed by atoms with Crippen molar-refractivity contribution in [2.24, 2.45) is 11.8 Å². The van der Waals surface area contributed by atoms with Crippen molar-refractivity contribution in [2.75, 3.05) is 19.6 Å². The van der Waals surface area contributed by atoms with E-state index in [-0.39, 0.29) is 5.92 Å². The Morgan fingerprint density at radius 3 is 2.80 bits per heavy atom. The number of carbonyl (C=O) groups is 1. The first-order valence-electron chi connectivity index (χ1n) is 12.3. The number of likely N-dealkylation sites (tertiary alicyclic amines) is 1. The highest BCUT2D eigenvalue weighted by Crippen LogP contribution is 2.31. The topological polar surface area (TPSA) is 90.1 Å². The average molecular weight is 489 g/mol. The summed E-state index contributed by atoms with van der Waals surface area (Å²) in [6.45, 7) is 8.80. The quantitative estimate of drug-likeness (QED) is 0.430. The molecule has 2 aromatic carbocycles. The molecule has 1 saturated heterocycles. The van der Waals surface area contributed by atoms with Gasteiger partial charge in [-0.05, 0) is 72.4 Å². The van der Waals surface area contributed by atoms with Gasteiger partial charge >= 0.3 is 5.97 Å². The third-order valence-electron chi connectivity index (χ3n) is 6.72. The van der Waals surface area contributed by atoms with Gasteiger partial charge in [0.15, 0.2) is 5.82 Å². The molecular weight excluding hydrogens is 456 g/mol. The smallest absolute Gasteiger partial charge is 0.307 e. The number of nitrogens with zero attached hydrogens (tertiary/aromatic N) is 4. The predicted octanol–water partition coefficient (Wildman–Crippen LogP) is 5.45. The molecule has 182 valence electrons. The van der Waals surface area contributed by atoms with Crippen LogP contribution >= 0.6 is 11.5 Å². The molecule has 0 amide bonds. The van der Waals surface area contributed by atoms with Gasteiger partial charge in [-0.1, -0.05) is 51.1 Å². The second kappa shape index (κ2) is 11.1. The van der Waals surface area contributed by atoms with Crippen molar-refractivity contribution in [3.8, 4) is 28.0 Å². The molecule has 1 atom stereocenters. The molecule has 7 heteroatoms. The molecule has 6 nitrogen and oxygen atoms in total. The molecule has 2 heterocycles. The van der Waals surface area contributed by atoms with Crippen molar-refractivity contribution >= 4 is 17.5 Å². The Morgan fingerprint density at radius 2 is 2.11 bits per heavy atom. The number of aliphatic carboxylic acids is 1. The van der Waals surface area contributed by atoms with Gasteiger partial charge in [0.25, 0.3) is 0 Å². The summed E-state index contributed by atoms with van der Waals surface area (Å²) in [5, 5.41) is 19.7. The Hall–Kier alpha value is -3.08. The highest BCUT2D eigenvalue weighted by molar-refractivity contribution is 7.09. The van der Waals surface area contributed by atoms with Crippen molar-refractivity contribution in [1.82, 2.24) is 14.3 Å². The van der Waals surface area contributed by atoms with Crippen LogP contribution in [0.3, 0.4) is 0 Å². The van der Waals surface area contributed by atoms with Crippen LogP contribution in [0.5, 0.6) is 0 Å². The Bertz CT molecular complexity index is 1240. The van der Waals surface area contributed by atoms with Gasteiger partial charge in [-0.25, -0.2) is 4.98 Å². The molecule has 1 aliphatic rings. The first-order chi connectivity index (χ1) is 16.9. The number of rotatable bonds is 9. The fraction of sp³-hybridized carbons (Fsp3) is 0.429. The van der Waals surface area contributed by atoms with Crippen LogP contribution in [0, 0.1) is 23.2 Å². The van der Waals surface area contributed by atoms with Gasteiger partial charge in [0.05, 0.1) is 17.6 Å². The van der Waals surface area contributed by atoms with E-state index in [0.29, 0.717) is 18.0 Å². The lowest BCUT2D eigenvalue weighted by molar-refractivity contribution is -0.141. The zero-order chi connectivity index (χ0) is 24.9. The largest absolute Gasteiger partial charge is 0.481 e. The van der Waals surface area contributed by atoms with Crippen molar-refractivity contribution in [1.29, 1.82) is 5.26 Å². The molecule has 3 aromatic rings. The van der Waals surface area contributed by atoms with Gasteiger partial charge in [0.2, 0.25) is 0 Å². The molecule has 0 bridgehead atoms.